The van der Waals surface area contributed by atoms with Gasteiger partial charge in [0.2, 0.25) is 0 Å². The first-order valence-corrected chi connectivity index (χ1v) is 9.69. The Labute approximate surface area is 161 Å². The van der Waals surface area contributed by atoms with Crippen LogP contribution in [-0.4, -0.2) is 52.9 Å². The van der Waals surface area contributed by atoms with E-state index in [1.165, 1.54) is 5.56 Å². The molecule has 4 rings (SSSR count). The first-order chi connectivity index (χ1) is 13.1. The Kier molecular flexibility index (Phi) is 5.10. The summed E-state index contributed by atoms with van der Waals surface area (Å²) in [4.78, 5) is 17.8. The van der Waals surface area contributed by atoms with Crippen LogP contribution in [0.15, 0.2) is 54.6 Å². The molecule has 4 heteroatoms. The van der Waals surface area contributed by atoms with Gasteiger partial charge in [-0.1, -0.05) is 48.5 Å². The van der Waals surface area contributed by atoms with Crippen LogP contribution in [0.3, 0.4) is 0 Å². The van der Waals surface area contributed by atoms with Crippen LogP contribution >= 0.6 is 0 Å². The van der Waals surface area contributed by atoms with E-state index < -0.39 is 0 Å². The van der Waals surface area contributed by atoms with Gasteiger partial charge in [0.05, 0.1) is 6.54 Å². The van der Waals surface area contributed by atoms with Crippen molar-refractivity contribution in [1.82, 2.24) is 14.4 Å². The molecule has 1 aromatic heterocycles. The van der Waals surface area contributed by atoms with Gasteiger partial charge in [0.15, 0.2) is 5.78 Å². The molecule has 0 unspecified atom stereocenters. The highest BCUT2D eigenvalue weighted by Gasteiger charge is 2.23. The third kappa shape index (κ3) is 3.68. The summed E-state index contributed by atoms with van der Waals surface area (Å²) in [5, 5.41) is 1.07. The summed E-state index contributed by atoms with van der Waals surface area (Å²) < 4.78 is 2.13. The summed E-state index contributed by atoms with van der Waals surface area (Å²) in [5.41, 5.74) is 4.43. The SMILES string of the molecule is Cc1c(C(=O)CN2CCN(Cc3ccccc3)CC2)c2ccccc2n1C. The molecule has 1 aliphatic rings. The smallest absolute Gasteiger partial charge is 0.179 e. The molecule has 0 bridgehead atoms. The average molecular weight is 361 g/mol. The van der Waals surface area contributed by atoms with Gasteiger partial charge in [-0.3, -0.25) is 14.6 Å². The number of carbonyl (C=O) groups is 1. The fraction of sp³-hybridized carbons (Fsp3) is 0.348. The monoisotopic (exact) mass is 361 g/mol. The van der Waals surface area contributed by atoms with Crippen molar-refractivity contribution in [3.05, 3.63) is 71.4 Å². The Bertz CT molecular complexity index is 937. The van der Waals surface area contributed by atoms with E-state index in [4.69, 9.17) is 0 Å². The zero-order valence-electron chi connectivity index (χ0n) is 16.2. The molecule has 0 radical (unpaired) electrons. The van der Waals surface area contributed by atoms with E-state index in [2.05, 4.69) is 56.8 Å². The average Bonchev–Trinajstić information content (AvgIpc) is 2.95. The summed E-state index contributed by atoms with van der Waals surface area (Å²) in [5.74, 6) is 0.237. The Balaban J connectivity index is 1.40. The van der Waals surface area contributed by atoms with Gasteiger partial charge in [-0.2, -0.15) is 0 Å². The normalized spacial score (nSPS) is 16.1. The third-order valence-corrected chi connectivity index (χ3v) is 5.76. The van der Waals surface area contributed by atoms with Crippen molar-refractivity contribution in [1.29, 1.82) is 0 Å². The highest BCUT2D eigenvalue weighted by atomic mass is 16.1. The number of fused-ring (bicyclic) bond motifs is 1. The molecule has 0 spiro atoms. The van der Waals surface area contributed by atoms with Crippen LogP contribution in [0.2, 0.25) is 0 Å². The predicted octanol–water partition coefficient (Wildman–Crippen LogP) is 3.49. The van der Waals surface area contributed by atoms with Gasteiger partial charge in [-0.25, -0.2) is 0 Å². The van der Waals surface area contributed by atoms with E-state index in [1.54, 1.807) is 0 Å². The number of benzene rings is 2. The molecule has 4 nitrogen and oxygen atoms in total. The lowest BCUT2D eigenvalue weighted by atomic mass is 10.1. The molecule has 2 aromatic carbocycles. The number of Topliss-reactive ketones (excluding diaryl/α,β-unsaturated/α-hetero) is 1. The summed E-state index contributed by atoms with van der Waals surface area (Å²) in [7, 11) is 2.04. The number of aromatic nitrogens is 1. The van der Waals surface area contributed by atoms with Crippen LogP contribution in [0.5, 0.6) is 0 Å². The molecule has 1 aliphatic heterocycles. The largest absolute Gasteiger partial charge is 0.347 e. The first-order valence-electron chi connectivity index (χ1n) is 9.69. The number of para-hydroxylation sites is 1. The second-order valence-electron chi connectivity index (χ2n) is 7.50. The van der Waals surface area contributed by atoms with Gasteiger partial charge in [0.1, 0.15) is 0 Å². The summed E-state index contributed by atoms with van der Waals surface area (Å²) in [6, 6.07) is 18.8. The van der Waals surface area contributed by atoms with Gasteiger partial charge < -0.3 is 4.57 Å². The van der Waals surface area contributed by atoms with Crippen molar-refractivity contribution in [2.45, 2.75) is 13.5 Å². The van der Waals surface area contributed by atoms with Crippen molar-refractivity contribution in [3.63, 3.8) is 0 Å². The number of carbonyl (C=O) groups excluding carboxylic acids is 1. The number of aryl methyl sites for hydroxylation is 1. The van der Waals surface area contributed by atoms with Crippen molar-refractivity contribution < 1.29 is 4.79 Å². The molecule has 0 amide bonds. The zero-order chi connectivity index (χ0) is 18.8. The molecule has 0 atom stereocenters. The minimum Gasteiger partial charge on any atom is -0.347 e. The fourth-order valence-corrected chi connectivity index (χ4v) is 4.10. The Morgan fingerprint density at radius 1 is 0.889 bits per heavy atom. The number of ketones is 1. The maximum Gasteiger partial charge on any atom is 0.179 e. The summed E-state index contributed by atoms with van der Waals surface area (Å²) in [6.45, 7) is 7.46. The summed E-state index contributed by atoms with van der Waals surface area (Å²) in [6.07, 6.45) is 0. The fourth-order valence-electron chi connectivity index (χ4n) is 4.10. The van der Waals surface area contributed by atoms with E-state index in [-0.39, 0.29) is 5.78 Å². The highest BCUT2D eigenvalue weighted by molar-refractivity contribution is 6.10. The lowest BCUT2D eigenvalue weighted by molar-refractivity contribution is 0.0844. The van der Waals surface area contributed by atoms with Crippen molar-refractivity contribution in [2.75, 3.05) is 32.7 Å². The highest BCUT2D eigenvalue weighted by Crippen LogP contribution is 2.25. The Morgan fingerprint density at radius 2 is 1.52 bits per heavy atom. The molecular formula is C23H27N3O. The van der Waals surface area contributed by atoms with Crippen LogP contribution < -0.4 is 0 Å². The van der Waals surface area contributed by atoms with Gasteiger partial charge in [-0.05, 0) is 18.6 Å². The second-order valence-corrected chi connectivity index (χ2v) is 7.50. The van der Waals surface area contributed by atoms with Crippen molar-refractivity contribution >= 4 is 16.7 Å². The Hall–Kier alpha value is -2.43. The molecule has 27 heavy (non-hydrogen) atoms. The number of rotatable bonds is 5. The first kappa shape index (κ1) is 18.0. The number of hydrogen-bond donors (Lipinski definition) is 0. The van der Waals surface area contributed by atoms with Crippen LogP contribution in [0.25, 0.3) is 10.9 Å². The van der Waals surface area contributed by atoms with Crippen molar-refractivity contribution in [3.8, 4) is 0 Å². The number of piperazine rings is 1. The minimum atomic E-state index is 0.237. The lowest BCUT2D eigenvalue weighted by Gasteiger charge is -2.34. The Morgan fingerprint density at radius 3 is 2.26 bits per heavy atom. The van der Waals surface area contributed by atoms with E-state index in [9.17, 15) is 4.79 Å². The lowest BCUT2D eigenvalue weighted by Crippen LogP contribution is -2.47. The van der Waals surface area contributed by atoms with E-state index >= 15 is 0 Å². The quantitative estimate of drug-likeness (QED) is 0.652. The molecule has 0 saturated carbocycles. The van der Waals surface area contributed by atoms with Crippen molar-refractivity contribution in [2.24, 2.45) is 7.05 Å². The predicted molar refractivity (Wildman–Crippen MR) is 110 cm³/mol. The standard InChI is InChI=1S/C23H27N3O/c1-18-23(20-10-6-7-11-21(20)24(18)2)22(27)17-26-14-12-25(13-15-26)16-19-8-4-3-5-9-19/h3-11H,12-17H2,1-2H3. The molecule has 1 fully saturated rings. The second kappa shape index (κ2) is 7.67. The molecule has 3 aromatic rings. The van der Waals surface area contributed by atoms with E-state index in [1.807, 2.05) is 26.1 Å². The van der Waals surface area contributed by atoms with Gasteiger partial charge in [0, 0.05) is 61.9 Å². The number of hydrogen-bond acceptors (Lipinski definition) is 3. The van der Waals surface area contributed by atoms with Crippen LogP contribution in [0.1, 0.15) is 21.6 Å². The van der Waals surface area contributed by atoms with E-state index in [0.717, 1.165) is 54.9 Å². The topological polar surface area (TPSA) is 28.5 Å². The van der Waals surface area contributed by atoms with Gasteiger partial charge in [-0.15, -0.1) is 0 Å². The maximum atomic E-state index is 13.1. The maximum absolute atomic E-state index is 13.1. The molecule has 2 heterocycles. The van der Waals surface area contributed by atoms with Crippen LogP contribution in [-0.2, 0) is 13.6 Å². The van der Waals surface area contributed by atoms with Gasteiger partial charge >= 0.3 is 0 Å². The molecule has 1 saturated heterocycles. The van der Waals surface area contributed by atoms with Crippen LogP contribution in [0.4, 0.5) is 0 Å². The number of nitrogens with zero attached hydrogens (tertiary/aromatic N) is 3. The third-order valence-electron chi connectivity index (χ3n) is 5.76. The minimum absolute atomic E-state index is 0.237. The molecule has 0 N–H and O–H groups in total. The van der Waals surface area contributed by atoms with E-state index in [0.29, 0.717) is 6.54 Å². The zero-order valence-corrected chi connectivity index (χ0v) is 16.2. The molecule has 0 aliphatic carbocycles. The summed E-state index contributed by atoms with van der Waals surface area (Å²) >= 11 is 0. The molecular weight excluding hydrogens is 334 g/mol. The molecule has 140 valence electrons. The van der Waals surface area contributed by atoms with Gasteiger partial charge in [0.25, 0.3) is 0 Å². The van der Waals surface area contributed by atoms with Crippen LogP contribution in [0, 0.1) is 6.92 Å².